The maximum absolute atomic E-state index is 13.1. The van der Waals surface area contributed by atoms with Crippen LogP contribution in [0.25, 0.3) is 0 Å². The van der Waals surface area contributed by atoms with Crippen LogP contribution in [0.2, 0.25) is 5.04 Å². The van der Waals surface area contributed by atoms with Crippen LogP contribution >= 0.6 is 0 Å². The number of aliphatic carboxylic acids is 1. The zero-order valence-corrected chi connectivity index (χ0v) is 22.8. The summed E-state index contributed by atoms with van der Waals surface area (Å²) >= 11 is 0. The summed E-state index contributed by atoms with van der Waals surface area (Å²) in [6, 6.07) is 20.2. The van der Waals surface area contributed by atoms with E-state index in [0.717, 1.165) is 10.4 Å². The number of hydrogen-bond acceptors (Lipinski definition) is 4. The van der Waals surface area contributed by atoms with Crippen molar-refractivity contribution in [2.24, 2.45) is 5.92 Å². The van der Waals surface area contributed by atoms with E-state index in [1.165, 1.54) is 0 Å². The molecule has 1 heterocycles. The highest BCUT2D eigenvalue weighted by Gasteiger charge is 2.51. The van der Waals surface area contributed by atoms with E-state index in [1.807, 2.05) is 57.2 Å². The molecule has 7 heteroatoms. The number of piperidine rings is 1. The monoisotopic (exact) mass is 497 g/mol. The molecule has 190 valence electrons. The minimum Gasteiger partial charge on any atom is -0.481 e. The SMILES string of the molecule is CC(C)(C)OC(=O)N1CC[C@H](C(=O)O)C[C@H]1CO[Si](c1ccccc1)(c1ccccc1)C(C)(C)C. The molecule has 1 amide bonds. The van der Waals surface area contributed by atoms with Crippen LogP contribution in [0.4, 0.5) is 4.79 Å². The van der Waals surface area contributed by atoms with Crippen LogP contribution in [0, 0.1) is 5.92 Å². The van der Waals surface area contributed by atoms with Gasteiger partial charge in [0.2, 0.25) is 0 Å². The summed E-state index contributed by atoms with van der Waals surface area (Å²) in [7, 11) is -2.82. The lowest BCUT2D eigenvalue weighted by atomic mass is 9.91. The lowest BCUT2D eigenvalue weighted by molar-refractivity contribution is -0.144. The van der Waals surface area contributed by atoms with Gasteiger partial charge >= 0.3 is 12.1 Å². The molecular formula is C28H39NO5Si. The molecule has 0 aliphatic carbocycles. The average molecular weight is 498 g/mol. The molecule has 0 radical (unpaired) electrons. The zero-order chi connectivity index (χ0) is 25.9. The molecule has 1 aliphatic heterocycles. The molecule has 1 aliphatic rings. The van der Waals surface area contributed by atoms with E-state index in [-0.39, 0.29) is 17.7 Å². The van der Waals surface area contributed by atoms with E-state index in [9.17, 15) is 14.7 Å². The van der Waals surface area contributed by atoms with E-state index >= 15 is 0 Å². The Balaban J connectivity index is 2.01. The first-order chi connectivity index (χ1) is 16.3. The second kappa shape index (κ2) is 10.5. The van der Waals surface area contributed by atoms with Gasteiger partial charge in [-0.3, -0.25) is 4.79 Å². The molecule has 1 fully saturated rings. The molecule has 3 rings (SSSR count). The van der Waals surface area contributed by atoms with Gasteiger partial charge in [0.15, 0.2) is 0 Å². The Morgan fingerprint density at radius 1 is 0.943 bits per heavy atom. The van der Waals surface area contributed by atoms with E-state index in [1.54, 1.807) is 4.90 Å². The predicted octanol–water partition coefficient (Wildman–Crippen LogP) is 4.66. The normalized spacial score (nSPS) is 19.3. The number of amides is 1. The van der Waals surface area contributed by atoms with Crippen LogP contribution in [-0.4, -0.2) is 55.2 Å². The third-order valence-corrected chi connectivity index (χ3v) is 11.6. The van der Waals surface area contributed by atoms with Crippen molar-refractivity contribution in [1.82, 2.24) is 4.90 Å². The number of benzene rings is 2. The fourth-order valence-electron chi connectivity index (χ4n) is 4.98. The molecular weight excluding hydrogens is 458 g/mol. The minimum absolute atomic E-state index is 0.215. The van der Waals surface area contributed by atoms with Gasteiger partial charge in [0.25, 0.3) is 8.32 Å². The third kappa shape index (κ3) is 6.14. The average Bonchev–Trinajstić information content (AvgIpc) is 2.78. The topological polar surface area (TPSA) is 76.1 Å². The molecule has 1 saturated heterocycles. The van der Waals surface area contributed by atoms with Crippen LogP contribution in [0.1, 0.15) is 54.4 Å². The summed E-state index contributed by atoms with van der Waals surface area (Å²) in [5, 5.41) is 11.8. The second-order valence-corrected chi connectivity index (χ2v) is 15.7. The number of likely N-dealkylation sites (tertiary alicyclic amines) is 1. The summed E-state index contributed by atoms with van der Waals surface area (Å²) in [4.78, 5) is 26.6. The second-order valence-electron chi connectivity index (χ2n) is 11.4. The fourth-order valence-corrected chi connectivity index (χ4v) is 9.57. The van der Waals surface area contributed by atoms with Crippen molar-refractivity contribution < 1.29 is 23.9 Å². The molecule has 35 heavy (non-hydrogen) atoms. The van der Waals surface area contributed by atoms with Crippen molar-refractivity contribution >= 4 is 30.8 Å². The quantitative estimate of drug-likeness (QED) is 0.588. The van der Waals surface area contributed by atoms with E-state index < -0.39 is 31.9 Å². The first-order valence-electron chi connectivity index (χ1n) is 12.3. The first-order valence-corrected chi connectivity index (χ1v) is 14.2. The molecule has 0 aromatic heterocycles. The summed E-state index contributed by atoms with van der Waals surface area (Å²) in [5.41, 5.74) is -0.635. The smallest absolute Gasteiger partial charge is 0.410 e. The lowest BCUT2D eigenvalue weighted by Gasteiger charge is -2.45. The third-order valence-electron chi connectivity index (χ3n) is 6.60. The van der Waals surface area contributed by atoms with Crippen molar-refractivity contribution in [3.63, 3.8) is 0 Å². The molecule has 6 nitrogen and oxygen atoms in total. The Morgan fingerprint density at radius 2 is 1.46 bits per heavy atom. The Kier molecular flexibility index (Phi) is 8.12. The summed E-state index contributed by atoms with van der Waals surface area (Å²) < 4.78 is 12.7. The highest BCUT2D eigenvalue weighted by molar-refractivity contribution is 6.99. The first kappa shape index (κ1) is 27.0. The van der Waals surface area contributed by atoms with Crippen molar-refractivity contribution in [1.29, 1.82) is 0 Å². The largest absolute Gasteiger partial charge is 0.481 e. The Hall–Kier alpha value is -2.64. The van der Waals surface area contributed by atoms with Gasteiger partial charge in [0.1, 0.15) is 5.60 Å². The van der Waals surface area contributed by atoms with Gasteiger partial charge in [0, 0.05) is 6.54 Å². The van der Waals surface area contributed by atoms with Gasteiger partial charge in [-0.25, -0.2) is 4.79 Å². The summed E-state index contributed by atoms with van der Waals surface area (Å²) in [5.74, 6) is -1.34. The van der Waals surface area contributed by atoms with Crippen LogP contribution in [0.3, 0.4) is 0 Å². The van der Waals surface area contributed by atoms with Crippen molar-refractivity contribution in [3.05, 3.63) is 60.7 Å². The summed E-state index contributed by atoms with van der Waals surface area (Å²) in [6.45, 7) is 12.7. The maximum atomic E-state index is 13.1. The van der Waals surface area contributed by atoms with Gasteiger partial charge in [-0.2, -0.15) is 0 Å². The number of carboxylic acids is 1. The van der Waals surface area contributed by atoms with Crippen LogP contribution in [0.5, 0.6) is 0 Å². The minimum atomic E-state index is -2.82. The highest BCUT2D eigenvalue weighted by Crippen LogP contribution is 2.37. The molecule has 1 N–H and O–H groups in total. The lowest BCUT2D eigenvalue weighted by Crippen LogP contribution is -2.67. The molecule has 2 aromatic carbocycles. The number of hydrogen-bond donors (Lipinski definition) is 1. The molecule has 0 bridgehead atoms. The van der Waals surface area contributed by atoms with Gasteiger partial charge in [0.05, 0.1) is 18.6 Å². The molecule has 0 saturated carbocycles. The van der Waals surface area contributed by atoms with Crippen molar-refractivity contribution in [3.8, 4) is 0 Å². The standard InChI is InChI=1S/C28H39NO5Si/c1-27(2,3)34-26(32)29-18-17-21(25(30)31)19-22(29)20-33-35(28(4,5)6,23-13-9-7-10-14-23)24-15-11-8-12-16-24/h7-16,21-22H,17-20H2,1-6H3,(H,30,31)/t21-,22-/m0/s1. The van der Waals surface area contributed by atoms with Crippen molar-refractivity contribution in [2.75, 3.05) is 13.2 Å². The van der Waals surface area contributed by atoms with E-state index in [2.05, 4.69) is 45.0 Å². The molecule has 2 atom stereocenters. The number of carboxylic acid groups (broad SMARTS) is 1. The Morgan fingerprint density at radius 3 is 1.89 bits per heavy atom. The number of ether oxygens (including phenoxy) is 1. The number of carbonyl (C=O) groups excluding carboxylic acids is 1. The van der Waals surface area contributed by atoms with Gasteiger partial charge in [-0.1, -0.05) is 81.4 Å². The number of nitrogens with zero attached hydrogens (tertiary/aromatic N) is 1. The van der Waals surface area contributed by atoms with Crippen LogP contribution < -0.4 is 10.4 Å². The summed E-state index contributed by atoms with van der Waals surface area (Å²) in [6.07, 6.45) is 0.328. The fraction of sp³-hybridized carbons (Fsp3) is 0.500. The van der Waals surface area contributed by atoms with Gasteiger partial charge in [-0.15, -0.1) is 0 Å². The van der Waals surface area contributed by atoms with Gasteiger partial charge < -0.3 is 19.2 Å². The van der Waals surface area contributed by atoms with Crippen LogP contribution in [0.15, 0.2) is 60.7 Å². The maximum Gasteiger partial charge on any atom is 0.410 e. The predicted molar refractivity (Wildman–Crippen MR) is 141 cm³/mol. The van der Waals surface area contributed by atoms with Crippen LogP contribution in [-0.2, 0) is 14.0 Å². The number of rotatable bonds is 6. The molecule has 0 spiro atoms. The highest BCUT2D eigenvalue weighted by atomic mass is 28.4. The zero-order valence-electron chi connectivity index (χ0n) is 21.8. The van der Waals surface area contributed by atoms with Crippen molar-refractivity contribution in [2.45, 2.75) is 71.1 Å². The molecule has 0 unspecified atom stereocenters. The van der Waals surface area contributed by atoms with Gasteiger partial charge in [-0.05, 0) is 49.0 Å². The van der Waals surface area contributed by atoms with E-state index in [0.29, 0.717) is 19.4 Å². The number of carbonyl (C=O) groups is 2. The van der Waals surface area contributed by atoms with E-state index in [4.69, 9.17) is 9.16 Å². The molecule has 2 aromatic rings. The Labute approximate surface area is 210 Å². The Bertz CT molecular complexity index is 958.